The van der Waals surface area contributed by atoms with Gasteiger partial charge in [0.2, 0.25) is 11.8 Å². The summed E-state index contributed by atoms with van der Waals surface area (Å²) in [5.74, 6) is 0.149. The van der Waals surface area contributed by atoms with Crippen LogP contribution in [0.2, 0.25) is 0 Å². The SMILES string of the molecule is CC[C@@H](C(=O)NC)N(Cc1ccccc1)C(=O)CSc1ccc(C)cc1. The maximum atomic E-state index is 12.9. The predicted octanol–water partition coefficient (Wildman–Crippen LogP) is 3.64. The van der Waals surface area contributed by atoms with Gasteiger partial charge >= 0.3 is 0 Å². The third-order valence-electron chi connectivity index (χ3n) is 4.21. The summed E-state index contributed by atoms with van der Waals surface area (Å²) in [5, 5.41) is 2.68. The molecule has 0 aliphatic rings. The topological polar surface area (TPSA) is 49.4 Å². The van der Waals surface area contributed by atoms with E-state index >= 15 is 0 Å². The maximum absolute atomic E-state index is 12.9. The molecule has 2 amide bonds. The largest absolute Gasteiger partial charge is 0.357 e. The number of carbonyl (C=O) groups excluding carboxylic acids is 2. The number of hydrogen-bond acceptors (Lipinski definition) is 3. The third-order valence-corrected chi connectivity index (χ3v) is 5.21. The number of rotatable bonds is 8. The van der Waals surface area contributed by atoms with E-state index in [4.69, 9.17) is 0 Å². The maximum Gasteiger partial charge on any atom is 0.242 e. The van der Waals surface area contributed by atoms with Crippen LogP contribution >= 0.6 is 11.8 Å². The monoisotopic (exact) mass is 370 g/mol. The van der Waals surface area contributed by atoms with Crippen molar-refractivity contribution in [1.29, 1.82) is 0 Å². The van der Waals surface area contributed by atoms with E-state index in [1.165, 1.54) is 17.3 Å². The Balaban J connectivity index is 2.13. The first kappa shape index (κ1) is 20.0. The Hall–Kier alpha value is -2.27. The smallest absolute Gasteiger partial charge is 0.242 e. The molecule has 2 aromatic carbocycles. The average molecular weight is 371 g/mol. The van der Waals surface area contributed by atoms with Crippen molar-refractivity contribution in [1.82, 2.24) is 10.2 Å². The first-order chi connectivity index (χ1) is 12.5. The molecule has 0 radical (unpaired) electrons. The molecule has 0 aliphatic carbocycles. The molecule has 0 spiro atoms. The Bertz CT molecular complexity index is 717. The van der Waals surface area contributed by atoms with Crippen LogP contribution in [0.25, 0.3) is 0 Å². The standard InChI is InChI=1S/C21H26N2O2S/c1-4-19(21(25)22-3)23(14-17-8-6-5-7-9-17)20(24)15-26-18-12-10-16(2)11-13-18/h5-13,19H,4,14-15H2,1-3H3,(H,22,25)/t19-/m0/s1. The molecule has 5 heteroatoms. The second kappa shape index (κ2) is 10.0. The van der Waals surface area contributed by atoms with Gasteiger partial charge in [0.15, 0.2) is 0 Å². The van der Waals surface area contributed by atoms with Gasteiger partial charge in [-0.05, 0) is 31.0 Å². The number of benzene rings is 2. The minimum atomic E-state index is -0.466. The molecule has 4 nitrogen and oxygen atoms in total. The first-order valence-electron chi connectivity index (χ1n) is 8.79. The van der Waals surface area contributed by atoms with Crippen LogP contribution in [0.15, 0.2) is 59.5 Å². The zero-order chi connectivity index (χ0) is 18.9. The van der Waals surface area contributed by atoms with Gasteiger partial charge in [-0.3, -0.25) is 9.59 Å². The van der Waals surface area contributed by atoms with Gasteiger partial charge in [0.05, 0.1) is 5.75 Å². The van der Waals surface area contributed by atoms with Crippen molar-refractivity contribution in [2.24, 2.45) is 0 Å². The highest BCUT2D eigenvalue weighted by Gasteiger charge is 2.27. The number of carbonyl (C=O) groups is 2. The number of nitrogens with one attached hydrogen (secondary N) is 1. The molecule has 0 saturated heterocycles. The molecule has 2 rings (SSSR count). The fourth-order valence-electron chi connectivity index (χ4n) is 2.73. The van der Waals surface area contributed by atoms with Gasteiger partial charge in [-0.25, -0.2) is 0 Å². The lowest BCUT2D eigenvalue weighted by Gasteiger charge is -2.30. The van der Waals surface area contributed by atoms with Crippen LogP contribution in [-0.2, 0) is 16.1 Å². The third kappa shape index (κ3) is 5.63. The van der Waals surface area contributed by atoms with Crippen molar-refractivity contribution in [3.05, 3.63) is 65.7 Å². The molecule has 26 heavy (non-hydrogen) atoms. The van der Waals surface area contributed by atoms with Crippen LogP contribution in [0.3, 0.4) is 0 Å². The molecule has 0 heterocycles. The Morgan fingerprint density at radius 3 is 2.31 bits per heavy atom. The van der Waals surface area contributed by atoms with Gasteiger partial charge in [-0.15, -0.1) is 11.8 Å². The summed E-state index contributed by atoms with van der Waals surface area (Å²) >= 11 is 1.50. The van der Waals surface area contributed by atoms with Crippen molar-refractivity contribution in [2.45, 2.75) is 37.8 Å². The molecule has 138 valence electrons. The zero-order valence-corrected chi connectivity index (χ0v) is 16.4. The Kier molecular flexibility index (Phi) is 7.73. The molecular formula is C21H26N2O2S. The van der Waals surface area contributed by atoms with Crippen LogP contribution in [0.1, 0.15) is 24.5 Å². The normalized spacial score (nSPS) is 11.7. The van der Waals surface area contributed by atoms with E-state index in [1.807, 2.05) is 68.4 Å². The van der Waals surface area contributed by atoms with Crippen molar-refractivity contribution in [3.8, 4) is 0 Å². The lowest BCUT2D eigenvalue weighted by atomic mass is 10.1. The summed E-state index contributed by atoms with van der Waals surface area (Å²) in [6.07, 6.45) is 0.577. The fraction of sp³-hybridized carbons (Fsp3) is 0.333. The van der Waals surface area contributed by atoms with Crippen LogP contribution in [0, 0.1) is 6.92 Å². The number of amides is 2. The van der Waals surface area contributed by atoms with Gasteiger partial charge in [-0.1, -0.05) is 55.0 Å². The van der Waals surface area contributed by atoms with Gasteiger partial charge in [0, 0.05) is 18.5 Å². The highest BCUT2D eigenvalue weighted by Crippen LogP contribution is 2.21. The summed E-state index contributed by atoms with van der Waals surface area (Å²) in [7, 11) is 1.61. The minimum absolute atomic E-state index is 0.0325. The molecule has 2 aromatic rings. The molecule has 0 bridgehead atoms. The van der Waals surface area contributed by atoms with Gasteiger partial charge in [0.1, 0.15) is 6.04 Å². The van der Waals surface area contributed by atoms with E-state index in [1.54, 1.807) is 11.9 Å². The van der Waals surface area contributed by atoms with Gasteiger partial charge < -0.3 is 10.2 Å². The molecule has 0 aliphatic heterocycles. The van der Waals surface area contributed by atoms with E-state index in [0.29, 0.717) is 18.7 Å². The fourth-order valence-corrected chi connectivity index (χ4v) is 3.51. The van der Waals surface area contributed by atoms with Crippen LogP contribution in [0.4, 0.5) is 0 Å². The number of hydrogen-bond donors (Lipinski definition) is 1. The van der Waals surface area contributed by atoms with Crippen molar-refractivity contribution >= 4 is 23.6 Å². The lowest BCUT2D eigenvalue weighted by molar-refractivity contribution is -0.139. The molecule has 0 aromatic heterocycles. The molecule has 1 atom stereocenters. The van der Waals surface area contributed by atoms with E-state index in [0.717, 1.165) is 10.5 Å². The van der Waals surface area contributed by atoms with Gasteiger partial charge in [-0.2, -0.15) is 0 Å². The van der Waals surface area contributed by atoms with Crippen molar-refractivity contribution in [3.63, 3.8) is 0 Å². The van der Waals surface area contributed by atoms with E-state index in [2.05, 4.69) is 5.32 Å². The van der Waals surface area contributed by atoms with Crippen LogP contribution in [0.5, 0.6) is 0 Å². The average Bonchev–Trinajstić information content (AvgIpc) is 2.67. The minimum Gasteiger partial charge on any atom is -0.357 e. The Labute approximate surface area is 160 Å². The van der Waals surface area contributed by atoms with Gasteiger partial charge in [0.25, 0.3) is 0 Å². The van der Waals surface area contributed by atoms with Crippen molar-refractivity contribution < 1.29 is 9.59 Å². The van der Waals surface area contributed by atoms with E-state index < -0.39 is 6.04 Å². The summed E-state index contributed by atoms with van der Waals surface area (Å²) in [6.45, 7) is 4.40. The second-order valence-corrected chi connectivity index (χ2v) is 7.20. The van der Waals surface area contributed by atoms with Crippen LogP contribution in [-0.4, -0.2) is 35.6 Å². The molecule has 1 N–H and O–H groups in total. The molecule has 0 unspecified atom stereocenters. The highest BCUT2D eigenvalue weighted by atomic mass is 32.2. The molecular weight excluding hydrogens is 344 g/mol. The first-order valence-corrected chi connectivity index (χ1v) is 9.78. The molecule has 0 fully saturated rings. The number of nitrogens with zero attached hydrogens (tertiary/aromatic N) is 1. The number of likely N-dealkylation sites (N-methyl/N-ethyl adjacent to an activating group) is 1. The second-order valence-electron chi connectivity index (χ2n) is 6.15. The van der Waals surface area contributed by atoms with Crippen molar-refractivity contribution in [2.75, 3.05) is 12.8 Å². The summed E-state index contributed by atoms with van der Waals surface area (Å²) in [6, 6.07) is 17.4. The number of aryl methyl sites for hydroxylation is 1. The van der Waals surface area contributed by atoms with Crippen LogP contribution < -0.4 is 5.32 Å². The Morgan fingerprint density at radius 2 is 1.73 bits per heavy atom. The highest BCUT2D eigenvalue weighted by molar-refractivity contribution is 8.00. The number of thioether (sulfide) groups is 1. The Morgan fingerprint density at radius 1 is 1.08 bits per heavy atom. The molecule has 0 saturated carbocycles. The lowest BCUT2D eigenvalue weighted by Crippen LogP contribution is -2.48. The predicted molar refractivity (Wildman–Crippen MR) is 107 cm³/mol. The zero-order valence-electron chi connectivity index (χ0n) is 15.6. The quantitative estimate of drug-likeness (QED) is 0.722. The van der Waals surface area contributed by atoms with E-state index in [9.17, 15) is 9.59 Å². The summed E-state index contributed by atoms with van der Waals surface area (Å²) < 4.78 is 0. The summed E-state index contributed by atoms with van der Waals surface area (Å²) in [4.78, 5) is 28.0. The summed E-state index contributed by atoms with van der Waals surface area (Å²) in [5.41, 5.74) is 2.21. The van der Waals surface area contributed by atoms with E-state index in [-0.39, 0.29) is 11.8 Å².